The van der Waals surface area contributed by atoms with Crippen LogP contribution in [0.4, 0.5) is 0 Å². The van der Waals surface area contributed by atoms with Crippen LogP contribution in [0, 0.1) is 5.92 Å². The summed E-state index contributed by atoms with van der Waals surface area (Å²) in [6.07, 6.45) is 3.44. The lowest BCUT2D eigenvalue weighted by molar-refractivity contribution is 0.110. The predicted octanol–water partition coefficient (Wildman–Crippen LogP) is 1.71. The molecular formula is C12H20N2O2S. The van der Waals surface area contributed by atoms with Gasteiger partial charge in [-0.25, -0.2) is 0 Å². The Morgan fingerprint density at radius 3 is 3.29 bits per heavy atom. The molecule has 2 unspecified atom stereocenters. The highest BCUT2D eigenvalue weighted by Crippen LogP contribution is 2.33. The van der Waals surface area contributed by atoms with Crippen molar-refractivity contribution >= 4 is 11.8 Å². The second kappa shape index (κ2) is 6.42. The second-order valence-corrected chi connectivity index (χ2v) is 5.54. The van der Waals surface area contributed by atoms with Crippen LogP contribution < -0.4 is 0 Å². The number of rotatable bonds is 6. The summed E-state index contributed by atoms with van der Waals surface area (Å²) >= 11 is 1.93. The van der Waals surface area contributed by atoms with Crippen molar-refractivity contribution in [3.05, 3.63) is 18.0 Å². The molecule has 2 heterocycles. The Hall–Kier alpha value is -0.520. The summed E-state index contributed by atoms with van der Waals surface area (Å²) in [4.78, 5) is 0. The van der Waals surface area contributed by atoms with Gasteiger partial charge in [0.15, 0.2) is 0 Å². The molecule has 17 heavy (non-hydrogen) atoms. The molecule has 1 aromatic rings. The fourth-order valence-corrected chi connectivity index (χ4v) is 3.47. The molecule has 5 heteroatoms. The molecule has 0 amide bonds. The maximum absolute atomic E-state index is 10.3. The van der Waals surface area contributed by atoms with E-state index < -0.39 is 0 Å². The lowest BCUT2D eigenvalue weighted by atomic mass is 9.99. The highest BCUT2D eigenvalue weighted by atomic mass is 32.2. The van der Waals surface area contributed by atoms with Gasteiger partial charge in [-0.15, -0.1) is 0 Å². The molecule has 0 aromatic carbocycles. The molecule has 1 N–H and O–H groups in total. The third kappa shape index (κ3) is 3.24. The van der Waals surface area contributed by atoms with Gasteiger partial charge in [-0.3, -0.25) is 4.68 Å². The zero-order valence-corrected chi connectivity index (χ0v) is 11.0. The fraction of sp³-hybridized carbons (Fsp3) is 0.750. The highest BCUT2D eigenvalue weighted by molar-refractivity contribution is 7.99. The molecule has 1 aliphatic rings. The molecule has 1 fully saturated rings. The summed E-state index contributed by atoms with van der Waals surface area (Å²) in [6.45, 7) is 1.54. The Morgan fingerprint density at radius 2 is 2.59 bits per heavy atom. The SMILES string of the molecule is COCCCn1nccc1C(O)C1CCSC1. The van der Waals surface area contributed by atoms with Gasteiger partial charge in [-0.05, 0) is 30.4 Å². The van der Waals surface area contributed by atoms with Gasteiger partial charge in [0.05, 0.1) is 11.8 Å². The first-order chi connectivity index (χ1) is 8.33. The number of aryl methyl sites for hydroxylation is 1. The van der Waals surface area contributed by atoms with Gasteiger partial charge in [0.25, 0.3) is 0 Å². The molecule has 2 atom stereocenters. The van der Waals surface area contributed by atoms with Crippen molar-refractivity contribution in [1.29, 1.82) is 0 Å². The summed E-state index contributed by atoms with van der Waals surface area (Å²) in [5.74, 6) is 2.61. The summed E-state index contributed by atoms with van der Waals surface area (Å²) in [5.41, 5.74) is 0.952. The van der Waals surface area contributed by atoms with Crippen molar-refractivity contribution in [3.63, 3.8) is 0 Å². The van der Waals surface area contributed by atoms with Crippen LogP contribution in [0.2, 0.25) is 0 Å². The van der Waals surface area contributed by atoms with Crippen LogP contribution in [0.15, 0.2) is 12.3 Å². The molecular weight excluding hydrogens is 236 g/mol. The predicted molar refractivity (Wildman–Crippen MR) is 69.1 cm³/mol. The number of aliphatic hydroxyl groups excluding tert-OH is 1. The van der Waals surface area contributed by atoms with E-state index in [1.807, 2.05) is 22.5 Å². The number of hydrogen-bond acceptors (Lipinski definition) is 4. The number of hydrogen-bond donors (Lipinski definition) is 1. The average Bonchev–Trinajstić information content (AvgIpc) is 3.00. The molecule has 0 radical (unpaired) electrons. The Labute approximate surface area is 106 Å². The third-order valence-electron chi connectivity index (χ3n) is 3.18. The summed E-state index contributed by atoms with van der Waals surface area (Å²) in [7, 11) is 1.70. The van der Waals surface area contributed by atoms with Crippen molar-refractivity contribution in [1.82, 2.24) is 9.78 Å². The average molecular weight is 256 g/mol. The maximum atomic E-state index is 10.3. The van der Waals surface area contributed by atoms with Crippen LogP contribution >= 0.6 is 11.8 Å². The Bertz CT molecular complexity index is 337. The molecule has 0 spiro atoms. The Morgan fingerprint density at radius 1 is 1.71 bits per heavy atom. The number of aromatic nitrogens is 2. The van der Waals surface area contributed by atoms with Crippen LogP contribution in [0.25, 0.3) is 0 Å². The minimum Gasteiger partial charge on any atom is -0.386 e. The highest BCUT2D eigenvalue weighted by Gasteiger charge is 2.27. The molecule has 1 aromatic heterocycles. The Kier molecular flexibility index (Phi) is 4.88. The van der Waals surface area contributed by atoms with Gasteiger partial charge in [0.2, 0.25) is 0 Å². The molecule has 0 aliphatic carbocycles. The van der Waals surface area contributed by atoms with E-state index in [9.17, 15) is 5.11 Å². The van der Waals surface area contributed by atoms with E-state index in [4.69, 9.17) is 4.74 Å². The monoisotopic (exact) mass is 256 g/mol. The third-order valence-corrected chi connectivity index (χ3v) is 4.37. The van der Waals surface area contributed by atoms with Gasteiger partial charge >= 0.3 is 0 Å². The van der Waals surface area contributed by atoms with E-state index in [1.165, 1.54) is 5.75 Å². The van der Waals surface area contributed by atoms with Gasteiger partial charge < -0.3 is 9.84 Å². The number of thioether (sulfide) groups is 1. The minimum atomic E-state index is -0.366. The minimum absolute atomic E-state index is 0.366. The van der Waals surface area contributed by atoms with Gasteiger partial charge in [0, 0.05) is 32.4 Å². The number of nitrogens with zero attached hydrogens (tertiary/aromatic N) is 2. The van der Waals surface area contributed by atoms with Gasteiger partial charge in [-0.2, -0.15) is 16.9 Å². The zero-order chi connectivity index (χ0) is 12.1. The quantitative estimate of drug-likeness (QED) is 0.787. The number of ether oxygens (including phenoxy) is 1. The molecule has 1 saturated heterocycles. The normalized spacial score (nSPS) is 21.9. The van der Waals surface area contributed by atoms with Gasteiger partial charge in [0.1, 0.15) is 0 Å². The van der Waals surface area contributed by atoms with E-state index in [0.29, 0.717) is 5.92 Å². The Balaban J connectivity index is 1.96. The fourth-order valence-electron chi connectivity index (χ4n) is 2.18. The van der Waals surface area contributed by atoms with Crippen molar-refractivity contribution in [3.8, 4) is 0 Å². The van der Waals surface area contributed by atoms with E-state index in [-0.39, 0.29) is 6.10 Å². The molecule has 0 saturated carbocycles. The number of methoxy groups -OCH3 is 1. The summed E-state index contributed by atoms with van der Waals surface area (Å²) in [5, 5.41) is 14.6. The first-order valence-corrected chi connectivity index (χ1v) is 7.25. The maximum Gasteiger partial charge on any atom is 0.0992 e. The first-order valence-electron chi connectivity index (χ1n) is 6.09. The molecule has 96 valence electrons. The molecule has 4 nitrogen and oxygen atoms in total. The van der Waals surface area contributed by atoms with Crippen molar-refractivity contribution in [2.24, 2.45) is 5.92 Å². The van der Waals surface area contributed by atoms with Crippen LogP contribution in [-0.4, -0.2) is 40.1 Å². The van der Waals surface area contributed by atoms with Crippen molar-refractivity contribution in [2.45, 2.75) is 25.5 Å². The van der Waals surface area contributed by atoms with E-state index in [1.54, 1.807) is 13.3 Å². The van der Waals surface area contributed by atoms with Gasteiger partial charge in [-0.1, -0.05) is 0 Å². The second-order valence-electron chi connectivity index (χ2n) is 4.39. The van der Waals surface area contributed by atoms with E-state index in [2.05, 4.69) is 5.10 Å². The molecule has 0 bridgehead atoms. The topological polar surface area (TPSA) is 47.3 Å². The van der Waals surface area contributed by atoms with Crippen LogP contribution in [0.1, 0.15) is 24.6 Å². The summed E-state index contributed by atoms with van der Waals surface area (Å²) < 4.78 is 6.94. The smallest absolute Gasteiger partial charge is 0.0992 e. The largest absolute Gasteiger partial charge is 0.386 e. The van der Waals surface area contributed by atoms with Crippen LogP contribution in [0.3, 0.4) is 0 Å². The first kappa shape index (κ1) is 12.9. The zero-order valence-electron chi connectivity index (χ0n) is 10.2. The number of aliphatic hydroxyl groups is 1. The van der Waals surface area contributed by atoms with Crippen molar-refractivity contribution in [2.75, 3.05) is 25.2 Å². The van der Waals surface area contributed by atoms with E-state index >= 15 is 0 Å². The van der Waals surface area contributed by atoms with Crippen LogP contribution in [-0.2, 0) is 11.3 Å². The molecule has 1 aliphatic heterocycles. The standard InChI is InChI=1S/C12H20N2O2S/c1-16-7-2-6-14-11(3-5-13-14)12(15)10-4-8-17-9-10/h3,5,10,12,15H,2,4,6-9H2,1H3. The molecule has 2 rings (SSSR count). The summed E-state index contributed by atoms with van der Waals surface area (Å²) in [6, 6.07) is 1.93. The van der Waals surface area contributed by atoms with Crippen molar-refractivity contribution < 1.29 is 9.84 Å². The van der Waals surface area contributed by atoms with E-state index in [0.717, 1.165) is 37.4 Å². The van der Waals surface area contributed by atoms with Crippen LogP contribution in [0.5, 0.6) is 0 Å². The lowest BCUT2D eigenvalue weighted by Crippen LogP contribution is -2.17. The lowest BCUT2D eigenvalue weighted by Gasteiger charge is -2.18.